The fraction of sp³-hybridized carbons (Fsp3) is 0.0588. The number of nitriles is 1. The fourth-order valence-electron chi connectivity index (χ4n) is 2.07. The zero-order valence-corrected chi connectivity index (χ0v) is 13.2. The number of anilines is 1. The molecule has 0 aliphatic carbocycles. The van der Waals surface area contributed by atoms with Crippen molar-refractivity contribution in [2.75, 3.05) is 11.9 Å². The van der Waals surface area contributed by atoms with E-state index in [1.165, 1.54) is 11.3 Å². The molecular formula is C17H11N3O3S. The van der Waals surface area contributed by atoms with E-state index < -0.39 is 18.5 Å². The first-order chi connectivity index (χ1) is 11.7. The molecule has 0 aliphatic rings. The van der Waals surface area contributed by atoms with Crippen LogP contribution in [0.4, 0.5) is 5.69 Å². The van der Waals surface area contributed by atoms with Crippen LogP contribution >= 0.6 is 11.3 Å². The van der Waals surface area contributed by atoms with Crippen molar-refractivity contribution >= 4 is 39.1 Å². The summed E-state index contributed by atoms with van der Waals surface area (Å²) < 4.78 is 5.88. The number of ether oxygens (including phenoxy) is 1. The average Bonchev–Trinajstić information content (AvgIpc) is 3.07. The summed E-state index contributed by atoms with van der Waals surface area (Å²) in [4.78, 5) is 28.0. The number of fused-ring (bicyclic) bond motifs is 1. The molecule has 0 spiro atoms. The largest absolute Gasteiger partial charge is 0.452 e. The van der Waals surface area contributed by atoms with Crippen LogP contribution in [-0.2, 0) is 9.53 Å². The highest BCUT2D eigenvalue weighted by atomic mass is 32.1. The van der Waals surface area contributed by atoms with Crippen LogP contribution in [0.25, 0.3) is 10.2 Å². The monoisotopic (exact) mass is 337 g/mol. The molecule has 0 aliphatic heterocycles. The van der Waals surface area contributed by atoms with E-state index in [0.717, 1.165) is 10.2 Å². The van der Waals surface area contributed by atoms with Crippen molar-refractivity contribution in [2.45, 2.75) is 0 Å². The van der Waals surface area contributed by atoms with Crippen LogP contribution in [-0.4, -0.2) is 23.5 Å². The third kappa shape index (κ3) is 3.39. The van der Waals surface area contributed by atoms with E-state index in [-0.39, 0.29) is 0 Å². The SMILES string of the molecule is N#Cc1ccccc1NC(=O)COC(=O)c1ccc2ncsc2c1. The molecule has 2 aromatic carbocycles. The molecular weight excluding hydrogens is 326 g/mol. The number of carbonyl (C=O) groups excluding carboxylic acids is 2. The van der Waals surface area contributed by atoms with Crippen molar-refractivity contribution in [3.05, 3.63) is 59.1 Å². The highest BCUT2D eigenvalue weighted by Gasteiger charge is 2.12. The zero-order valence-electron chi connectivity index (χ0n) is 12.4. The first-order valence-corrected chi connectivity index (χ1v) is 7.84. The van der Waals surface area contributed by atoms with Gasteiger partial charge in [0.05, 0.1) is 32.5 Å². The van der Waals surface area contributed by atoms with Crippen molar-refractivity contribution in [2.24, 2.45) is 0 Å². The maximum absolute atomic E-state index is 12.0. The Kier molecular flexibility index (Phi) is 4.50. The summed E-state index contributed by atoms with van der Waals surface area (Å²) in [5, 5.41) is 11.5. The number of hydrogen-bond acceptors (Lipinski definition) is 6. The maximum atomic E-state index is 12.0. The Morgan fingerprint density at radius 3 is 2.92 bits per heavy atom. The van der Waals surface area contributed by atoms with Crippen LogP contribution in [0.3, 0.4) is 0 Å². The van der Waals surface area contributed by atoms with Crippen LogP contribution in [0, 0.1) is 11.3 Å². The van der Waals surface area contributed by atoms with Gasteiger partial charge in [-0.3, -0.25) is 4.79 Å². The molecule has 0 radical (unpaired) electrons. The first kappa shape index (κ1) is 15.6. The lowest BCUT2D eigenvalue weighted by Gasteiger charge is -2.07. The number of aromatic nitrogens is 1. The molecule has 24 heavy (non-hydrogen) atoms. The summed E-state index contributed by atoms with van der Waals surface area (Å²) in [6, 6.07) is 13.6. The zero-order chi connectivity index (χ0) is 16.9. The minimum atomic E-state index is -0.589. The molecule has 3 aromatic rings. The Balaban J connectivity index is 1.61. The average molecular weight is 337 g/mol. The number of carbonyl (C=O) groups is 2. The number of benzene rings is 2. The topological polar surface area (TPSA) is 92.1 Å². The lowest BCUT2D eigenvalue weighted by molar-refractivity contribution is -0.119. The molecule has 0 saturated carbocycles. The van der Waals surface area contributed by atoms with E-state index in [4.69, 9.17) is 10.00 Å². The van der Waals surface area contributed by atoms with Crippen LogP contribution in [0.5, 0.6) is 0 Å². The van der Waals surface area contributed by atoms with Crippen LogP contribution in [0.2, 0.25) is 0 Å². The quantitative estimate of drug-likeness (QED) is 0.739. The molecule has 0 fully saturated rings. The predicted octanol–water partition coefficient (Wildman–Crippen LogP) is 2.96. The minimum absolute atomic E-state index is 0.341. The number of thiazole rings is 1. The fourth-order valence-corrected chi connectivity index (χ4v) is 2.79. The minimum Gasteiger partial charge on any atom is -0.452 e. The van der Waals surface area contributed by atoms with E-state index in [1.54, 1.807) is 48.0 Å². The second-order valence-corrected chi connectivity index (χ2v) is 5.70. The van der Waals surface area contributed by atoms with Crippen LogP contribution < -0.4 is 5.32 Å². The Morgan fingerprint density at radius 1 is 1.25 bits per heavy atom. The van der Waals surface area contributed by atoms with Gasteiger partial charge in [-0.05, 0) is 30.3 Å². The number of hydrogen-bond donors (Lipinski definition) is 1. The highest BCUT2D eigenvalue weighted by Crippen LogP contribution is 2.19. The van der Waals surface area contributed by atoms with E-state index in [1.807, 2.05) is 6.07 Å². The van der Waals surface area contributed by atoms with Gasteiger partial charge in [0.15, 0.2) is 6.61 Å². The molecule has 1 N–H and O–H groups in total. The highest BCUT2D eigenvalue weighted by molar-refractivity contribution is 7.16. The molecule has 0 saturated heterocycles. The molecule has 0 bridgehead atoms. The number of nitrogens with zero attached hydrogens (tertiary/aromatic N) is 2. The van der Waals surface area contributed by atoms with Crippen molar-refractivity contribution in [1.29, 1.82) is 5.26 Å². The van der Waals surface area contributed by atoms with E-state index in [0.29, 0.717) is 16.8 Å². The van der Waals surface area contributed by atoms with Crippen molar-refractivity contribution < 1.29 is 14.3 Å². The molecule has 1 heterocycles. The van der Waals surface area contributed by atoms with E-state index in [2.05, 4.69) is 10.3 Å². The summed E-state index contributed by atoms with van der Waals surface area (Å²) in [7, 11) is 0. The lowest BCUT2D eigenvalue weighted by Crippen LogP contribution is -2.21. The van der Waals surface area contributed by atoms with Gasteiger partial charge >= 0.3 is 5.97 Å². The van der Waals surface area contributed by atoms with Gasteiger partial charge in [-0.2, -0.15) is 5.26 Å². The standard InChI is InChI=1S/C17H11N3O3S/c18-8-12-3-1-2-4-13(12)20-16(21)9-23-17(22)11-5-6-14-15(7-11)24-10-19-14/h1-7,10H,9H2,(H,20,21). The summed E-state index contributed by atoms with van der Waals surface area (Å²) in [5.41, 5.74) is 3.58. The Labute approximate surface area is 141 Å². The number of para-hydroxylation sites is 1. The number of esters is 1. The molecule has 0 atom stereocenters. The molecule has 1 aromatic heterocycles. The van der Waals surface area contributed by atoms with Crippen molar-refractivity contribution in [3.63, 3.8) is 0 Å². The van der Waals surface area contributed by atoms with Gasteiger partial charge in [0.2, 0.25) is 0 Å². The molecule has 7 heteroatoms. The molecule has 1 amide bonds. The van der Waals surface area contributed by atoms with Gasteiger partial charge in [-0.15, -0.1) is 11.3 Å². The van der Waals surface area contributed by atoms with Crippen molar-refractivity contribution in [1.82, 2.24) is 4.98 Å². The summed E-state index contributed by atoms with van der Waals surface area (Å²) in [5.74, 6) is -1.10. The Hall–Kier alpha value is -3.24. The smallest absolute Gasteiger partial charge is 0.338 e. The Bertz CT molecular complexity index is 959. The van der Waals surface area contributed by atoms with Gasteiger partial charge in [0.1, 0.15) is 6.07 Å². The number of nitrogens with one attached hydrogen (secondary N) is 1. The summed E-state index contributed by atoms with van der Waals surface area (Å²) >= 11 is 1.42. The van der Waals surface area contributed by atoms with Gasteiger partial charge in [0, 0.05) is 0 Å². The number of amides is 1. The predicted molar refractivity (Wildman–Crippen MR) is 89.7 cm³/mol. The molecule has 118 valence electrons. The van der Waals surface area contributed by atoms with E-state index in [9.17, 15) is 9.59 Å². The third-order valence-electron chi connectivity index (χ3n) is 3.22. The van der Waals surface area contributed by atoms with Gasteiger partial charge in [-0.25, -0.2) is 9.78 Å². The van der Waals surface area contributed by atoms with Crippen LogP contribution in [0.1, 0.15) is 15.9 Å². The lowest BCUT2D eigenvalue weighted by atomic mass is 10.2. The number of rotatable bonds is 4. The third-order valence-corrected chi connectivity index (χ3v) is 4.01. The molecule has 3 rings (SSSR count). The maximum Gasteiger partial charge on any atom is 0.338 e. The normalized spacial score (nSPS) is 10.1. The van der Waals surface area contributed by atoms with Gasteiger partial charge in [-0.1, -0.05) is 12.1 Å². The van der Waals surface area contributed by atoms with E-state index >= 15 is 0 Å². The molecule has 6 nitrogen and oxygen atoms in total. The second-order valence-electron chi connectivity index (χ2n) is 4.82. The summed E-state index contributed by atoms with van der Waals surface area (Å²) in [6.45, 7) is -0.431. The van der Waals surface area contributed by atoms with Crippen molar-refractivity contribution in [3.8, 4) is 6.07 Å². The van der Waals surface area contributed by atoms with Crippen LogP contribution in [0.15, 0.2) is 48.0 Å². The first-order valence-electron chi connectivity index (χ1n) is 6.97. The Morgan fingerprint density at radius 2 is 2.08 bits per heavy atom. The molecule has 0 unspecified atom stereocenters. The summed E-state index contributed by atoms with van der Waals surface area (Å²) in [6.07, 6.45) is 0. The van der Waals surface area contributed by atoms with Gasteiger partial charge in [0.25, 0.3) is 5.91 Å². The van der Waals surface area contributed by atoms with Gasteiger partial charge < -0.3 is 10.1 Å². The second kappa shape index (κ2) is 6.89.